The Labute approximate surface area is 165 Å². The summed E-state index contributed by atoms with van der Waals surface area (Å²) in [4.78, 5) is 6.75. The van der Waals surface area contributed by atoms with Gasteiger partial charge in [0, 0.05) is 19.2 Å². The first kappa shape index (κ1) is 19.6. The molecule has 0 unspecified atom stereocenters. The van der Waals surface area contributed by atoms with E-state index in [9.17, 15) is 13.2 Å². The van der Waals surface area contributed by atoms with Crippen molar-refractivity contribution in [1.82, 2.24) is 20.1 Å². The zero-order valence-corrected chi connectivity index (χ0v) is 15.9. The molecule has 2 aliphatic heterocycles. The molecule has 0 saturated carbocycles. The first-order valence-electron chi connectivity index (χ1n) is 9.45. The van der Waals surface area contributed by atoms with Crippen molar-refractivity contribution in [3.63, 3.8) is 0 Å². The molecule has 2 aliphatic rings. The minimum Gasteiger partial charge on any atom is -0.483 e. The van der Waals surface area contributed by atoms with Gasteiger partial charge in [-0.15, -0.1) is 0 Å². The minimum atomic E-state index is -4.43. The molecule has 1 fully saturated rings. The lowest BCUT2D eigenvalue weighted by molar-refractivity contribution is -0.153. The van der Waals surface area contributed by atoms with Crippen molar-refractivity contribution in [1.29, 1.82) is 0 Å². The Morgan fingerprint density at radius 3 is 3.03 bits per heavy atom. The molecule has 7 nitrogen and oxygen atoms in total. The highest BCUT2D eigenvalue weighted by Gasteiger charge is 2.30. The highest BCUT2D eigenvalue weighted by molar-refractivity contribution is 5.87. The fourth-order valence-corrected chi connectivity index (χ4v) is 3.40. The normalized spacial score (nSPS) is 20.3. The summed E-state index contributed by atoms with van der Waals surface area (Å²) < 4.78 is 50.6. The molecule has 2 aromatic rings. The van der Waals surface area contributed by atoms with Crippen LogP contribution >= 0.6 is 0 Å². The molecule has 2 aromatic heterocycles. The molecular formula is C19H22F3N5O2. The van der Waals surface area contributed by atoms with Crippen molar-refractivity contribution in [2.24, 2.45) is 0 Å². The number of fused-ring (bicyclic) bond motifs is 1. The summed E-state index contributed by atoms with van der Waals surface area (Å²) in [6, 6.07) is 1.60. The molecule has 1 N–H and O–H groups in total. The zero-order valence-electron chi connectivity index (χ0n) is 15.9. The van der Waals surface area contributed by atoms with Gasteiger partial charge in [-0.25, -0.2) is 9.67 Å². The van der Waals surface area contributed by atoms with Crippen LogP contribution < -0.4 is 15.0 Å². The van der Waals surface area contributed by atoms with E-state index in [1.165, 1.54) is 6.20 Å². The highest BCUT2D eigenvalue weighted by Crippen LogP contribution is 2.33. The van der Waals surface area contributed by atoms with E-state index in [2.05, 4.69) is 10.4 Å². The Kier molecular flexibility index (Phi) is 5.35. The van der Waals surface area contributed by atoms with Gasteiger partial charge in [0.1, 0.15) is 11.6 Å². The van der Waals surface area contributed by atoms with Crippen LogP contribution in [0, 0.1) is 0 Å². The number of aromatic nitrogens is 3. The lowest BCUT2D eigenvalue weighted by atomic mass is 10.2. The molecule has 0 amide bonds. The molecule has 0 spiro atoms. The summed E-state index contributed by atoms with van der Waals surface area (Å²) in [5, 5.41) is 7.95. The molecule has 156 valence electrons. The average molecular weight is 409 g/mol. The topological polar surface area (TPSA) is 64.4 Å². The SMILES string of the molecule is C[C@@H]1COCCN1c1cc(OCC(F)(F)F)c2cnn(C3=CCCNC=C3)c2n1. The van der Waals surface area contributed by atoms with Gasteiger partial charge in [0.25, 0.3) is 0 Å². The number of hydrogen-bond donors (Lipinski definition) is 1. The van der Waals surface area contributed by atoms with Crippen LogP contribution in [0.2, 0.25) is 0 Å². The summed E-state index contributed by atoms with van der Waals surface area (Å²) in [6.07, 6.45) is 3.54. The average Bonchev–Trinajstić information content (AvgIpc) is 2.92. The van der Waals surface area contributed by atoms with Crippen molar-refractivity contribution < 1.29 is 22.6 Å². The minimum absolute atomic E-state index is 0.0433. The Bertz CT molecular complexity index is 938. The van der Waals surface area contributed by atoms with Crippen molar-refractivity contribution in [2.45, 2.75) is 25.6 Å². The first-order valence-corrected chi connectivity index (χ1v) is 9.45. The number of rotatable bonds is 4. The number of morpholine rings is 1. The number of ether oxygens (including phenoxy) is 2. The van der Waals surface area contributed by atoms with Crippen molar-refractivity contribution in [2.75, 3.05) is 37.8 Å². The number of hydrogen-bond acceptors (Lipinski definition) is 6. The van der Waals surface area contributed by atoms with Crippen LogP contribution in [0.3, 0.4) is 0 Å². The van der Waals surface area contributed by atoms with E-state index >= 15 is 0 Å². The molecule has 10 heteroatoms. The number of allylic oxidation sites excluding steroid dienone is 2. The maximum Gasteiger partial charge on any atom is 0.422 e. The molecule has 4 rings (SSSR count). The lowest BCUT2D eigenvalue weighted by Gasteiger charge is -2.34. The Morgan fingerprint density at radius 1 is 1.38 bits per heavy atom. The number of halogens is 3. The molecule has 29 heavy (non-hydrogen) atoms. The Balaban J connectivity index is 1.80. The molecule has 0 aromatic carbocycles. The Morgan fingerprint density at radius 2 is 2.24 bits per heavy atom. The van der Waals surface area contributed by atoms with E-state index in [4.69, 9.17) is 14.5 Å². The smallest absolute Gasteiger partial charge is 0.422 e. The Hall–Kier alpha value is -2.75. The van der Waals surface area contributed by atoms with Crippen LogP contribution in [0.25, 0.3) is 16.7 Å². The second-order valence-electron chi connectivity index (χ2n) is 7.00. The van der Waals surface area contributed by atoms with Gasteiger partial charge in [-0.2, -0.15) is 18.3 Å². The molecule has 0 bridgehead atoms. The number of pyridine rings is 1. The number of nitrogens with zero attached hydrogens (tertiary/aromatic N) is 4. The third-order valence-corrected chi connectivity index (χ3v) is 4.80. The molecular weight excluding hydrogens is 387 g/mol. The summed E-state index contributed by atoms with van der Waals surface area (Å²) >= 11 is 0. The number of nitrogens with one attached hydrogen (secondary N) is 1. The van der Waals surface area contributed by atoms with Crippen LogP contribution in [-0.4, -0.2) is 59.9 Å². The van der Waals surface area contributed by atoms with Gasteiger partial charge in [-0.1, -0.05) is 6.08 Å². The van der Waals surface area contributed by atoms with Crippen molar-refractivity contribution in [3.05, 3.63) is 30.6 Å². The van der Waals surface area contributed by atoms with Gasteiger partial charge >= 0.3 is 6.18 Å². The predicted molar refractivity (Wildman–Crippen MR) is 103 cm³/mol. The van der Waals surface area contributed by atoms with Gasteiger partial charge in [-0.3, -0.25) is 0 Å². The van der Waals surface area contributed by atoms with Crippen LogP contribution in [0.4, 0.5) is 19.0 Å². The molecule has 1 atom stereocenters. The van der Waals surface area contributed by atoms with E-state index in [0.29, 0.717) is 36.6 Å². The fraction of sp³-hybridized carbons (Fsp3) is 0.474. The van der Waals surface area contributed by atoms with Gasteiger partial charge in [0.15, 0.2) is 12.3 Å². The molecule has 1 saturated heterocycles. The third-order valence-electron chi connectivity index (χ3n) is 4.80. The van der Waals surface area contributed by atoms with E-state index in [-0.39, 0.29) is 11.8 Å². The second kappa shape index (κ2) is 7.94. The number of anilines is 1. The van der Waals surface area contributed by atoms with Gasteiger partial charge in [-0.05, 0) is 25.6 Å². The van der Waals surface area contributed by atoms with Gasteiger partial charge < -0.3 is 19.7 Å². The maximum absolute atomic E-state index is 12.8. The third kappa shape index (κ3) is 4.31. The fourth-order valence-electron chi connectivity index (χ4n) is 3.40. The van der Waals surface area contributed by atoms with E-state index in [1.807, 2.05) is 30.2 Å². The monoisotopic (exact) mass is 409 g/mol. The maximum atomic E-state index is 12.8. The second-order valence-corrected chi connectivity index (χ2v) is 7.00. The summed E-state index contributed by atoms with van der Waals surface area (Å²) in [7, 11) is 0. The van der Waals surface area contributed by atoms with Crippen molar-refractivity contribution in [3.8, 4) is 5.75 Å². The largest absolute Gasteiger partial charge is 0.483 e. The highest BCUT2D eigenvalue weighted by atomic mass is 19.4. The predicted octanol–water partition coefficient (Wildman–Crippen LogP) is 2.95. The standard InChI is InChI=1S/C19H22F3N5O2/c1-13-11-28-8-7-26(13)17-9-16(29-12-19(20,21)22)15-10-24-27(18(15)25-17)14-3-2-5-23-6-4-14/h3-4,6,9-10,13,23H,2,5,7-8,11-12H2,1H3/t13-/m1/s1. The molecule has 0 aliphatic carbocycles. The molecule has 0 radical (unpaired) electrons. The van der Waals surface area contributed by atoms with Crippen molar-refractivity contribution >= 4 is 22.5 Å². The van der Waals surface area contributed by atoms with Crippen LogP contribution in [0.5, 0.6) is 5.75 Å². The lowest BCUT2D eigenvalue weighted by Crippen LogP contribution is -2.44. The van der Waals surface area contributed by atoms with Crippen LogP contribution in [0.15, 0.2) is 30.6 Å². The quantitative estimate of drug-likeness (QED) is 0.838. The number of alkyl halides is 3. The first-order chi connectivity index (χ1) is 13.9. The molecule has 4 heterocycles. The van der Waals surface area contributed by atoms with E-state index in [0.717, 1.165) is 18.7 Å². The van der Waals surface area contributed by atoms with Crippen LogP contribution in [-0.2, 0) is 4.74 Å². The summed E-state index contributed by atoms with van der Waals surface area (Å²) in [6.45, 7) is 3.06. The zero-order chi connectivity index (χ0) is 20.4. The van der Waals surface area contributed by atoms with Crippen LogP contribution in [0.1, 0.15) is 13.3 Å². The van der Waals surface area contributed by atoms with Gasteiger partial charge in [0.05, 0.1) is 36.5 Å². The van der Waals surface area contributed by atoms with E-state index in [1.54, 1.807) is 10.7 Å². The summed E-state index contributed by atoms with van der Waals surface area (Å²) in [5.41, 5.74) is 1.25. The van der Waals surface area contributed by atoms with Gasteiger partial charge in [0.2, 0.25) is 0 Å². The van der Waals surface area contributed by atoms with E-state index < -0.39 is 12.8 Å². The summed E-state index contributed by atoms with van der Waals surface area (Å²) in [5.74, 6) is 0.659.